The van der Waals surface area contributed by atoms with Crippen molar-refractivity contribution in [2.75, 3.05) is 18.2 Å². The summed E-state index contributed by atoms with van der Waals surface area (Å²) in [5.74, 6) is 0.554. The third-order valence-corrected chi connectivity index (χ3v) is 7.05. The van der Waals surface area contributed by atoms with Crippen LogP contribution < -0.4 is 15.6 Å². The van der Waals surface area contributed by atoms with Crippen molar-refractivity contribution in [1.29, 1.82) is 0 Å². The number of nitrogens with zero attached hydrogens (tertiary/aromatic N) is 3. The van der Waals surface area contributed by atoms with Gasteiger partial charge in [0, 0.05) is 16.4 Å². The van der Waals surface area contributed by atoms with E-state index in [1.165, 1.54) is 16.3 Å². The summed E-state index contributed by atoms with van der Waals surface area (Å²) in [7, 11) is 1.59. The average molecular weight is 507 g/mol. The minimum Gasteiger partial charge on any atom is -0.497 e. The van der Waals surface area contributed by atoms with Gasteiger partial charge in [0.1, 0.15) is 5.75 Å². The average Bonchev–Trinajstić information content (AvgIpc) is 2.87. The van der Waals surface area contributed by atoms with Crippen LogP contribution in [0.3, 0.4) is 0 Å². The highest BCUT2D eigenvalue weighted by atomic mass is 35.5. The van der Waals surface area contributed by atoms with Crippen molar-refractivity contribution in [3.63, 3.8) is 0 Å². The summed E-state index contributed by atoms with van der Waals surface area (Å²) in [6, 6.07) is 16.1. The number of methoxy groups -OCH3 is 1. The standard InChI is InChI=1S/C26H23ClN4O3S/c1-34-20-11-9-18(10-12-20)28-23(32)15-35-26-30-24-21(13-16-5-2-3-8-22(16)29-24)25(33)31(26)19-7-4-6-17(27)14-19/h4,6-7,9-14H,2-3,5,8,15H2,1H3,(H,28,32). The number of benzene rings is 2. The molecule has 0 atom stereocenters. The number of aromatic nitrogens is 3. The Kier molecular flexibility index (Phi) is 6.74. The number of hydrogen-bond donors (Lipinski definition) is 1. The number of rotatable bonds is 6. The van der Waals surface area contributed by atoms with E-state index in [4.69, 9.17) is 26.3 Å². The van der Waals surface area contributed by atoms with Gasteiger partial charge in [0.2, 0.25) is 5.91 Å². The van der Waals surface area contributed by atoms with E-state index in [2.05, 4.69) is 5.32 Å². The molecule has 0 aliphatic heterocycles. The maximum atomic E-state index is 13.7. The molecule has 2 aromatic heterocycles. The molecule has 7 nitrogen and oxygen atoms in total. The Morgan fingerprint density at radius 3 is 2.69 bits per heavy atom. The second-order valence-electron chi connectivity index (χ2n) is 8.25. The van der Waals surface area contributed by atoms with Crippen LogP contribution in [0.25, 0.3) is 16.7 Å². The molecule has 0 spiro atoms. The summed E-state index contributed by atoms with van der Waals surface area (Å²) in [4.78, 5) is 35.8. The lowest BCUT2D eigenvalue weighted by molar-refractivity contribution is -0.113. The summed E-state index contributed by atoms with van der Waals surface area (Å²) in [6.07, 6.45) is 3.97. The molecule has 0 radical (unpaired) electrons. The first-order valence-electron chi connectivity index (χ1n) is 11.3. The predicted molar refractivity (Wildman–Crippen MR) is 139 cm³/mol. The monoisotopic (exact) mass is 506 g/mol. The molecule has 1 aliphatic carbocycles. The minimum atomic E-state index is -0.226. The maximum absolute atomic E-state index is 13.7. The molecule has 4 aromatic rings. The van der Waals surface area contributed by atoms with E-state index in [0.717, 1.165) is 36.9 Å². The van der Waals surface area contributed by atoms with Gasteiger partial charge >= 0.3 is 0 Å². The van der Waals surface area contributed by atoms with Gasteiger partial charge in [-0.15, -0.1) is 0 Å². The van der Waals surface area contributed by atoms with Crippen molar-refractivity contribution in [2.45, 2.75) is 30.8 Å². The first kappa shape index (κ1) is 23.4. The SMILES string of the molecule is COc1ccc(NC(=O)CSc2nc3nc4c(cc3c(=O)n2-c2cccc(Cl)c2)CCCC4)cc1. The number of pyridine rings is 1. The summed E-state index contributed by atoms with van der Waals surface area (Å²) in [6.45, 7) is 0. The van der Waals surface area contributed by atoms with Crippen LogP contribution in [0, 0.1) is 0 Å². The number of nitrogens with one attached hydrogen (secondary N) is 1. The van der Waals surface area contributed by atoms with Crippen LogP contribution in [0.1, 0.15) is 24.1 Å². The number of carbonyl (C=O) groups is 1. The Bertz CT molecular complexity index is 1470. The highest BCUT2D eigenvalue weighted by molar-refractivity contribution is 7.99. The van der Waals surface area contributed by atoms with Crippen molar-refractivity contribution in [2.24, 2.45) is 0 Å². The molecule has 5 rings (SSSR count). The second kappa shape index (κ2) is 10.1. The quantitative estimate of drug-likeness (QED) is 0.291. The maximum Gasteiger partial charge on any atom is 0.268 e. The normalized spacial score (nSPS) is 12.9. The molecule has 9 heteroatoms. The van der Waals surface area contributed by atoms with Gasteiger partial charge in [0.05, 0.1) is 23.9 Å². The van der Waals surface area contributed by atoms with Crippen LogP contribution in [0.5, 0.6) is 5.75 Å². The molecule has 1 amide bonds. The van der Waals surface area contributed by atoms with Gasteiger partial charge in [-0.2, -0.15) is 0 Å². The van der Waals surface area contributed by atoms with Gasteiger partial charge in [-0.25, -0.2) is 9.97 Å². The topological polar surface area (TPSA) is 86.1 Å². The van der Waals surface area contributed by atoms with Crippen molar-refractivity contribution in [3.8, 4) is 11.4 Å². The molecule has 35 heavy (non-hydrogen) atoms. The number of ether oxygens (including phenoxy) is 1. The minimum absolute atomic E-state index is 0.0650. The Balaban J connectivity index is 1.50. The largest absolute Gasteiger partial charge is 0.497 e. The van der Waals surface area contributed by atoms with E-state index in [0.29, 0.717) is 38.3 Å². The Hall–Kier alpha value is -3.36. The van der Waals surface area contributed by atoms with Crippen molar-refractivity contribution in [3.05, 3.63) is 81.2 Å². The summed E-state index contributed by atoms with van der Waals surface area (Å²) in [5.41, 5.74) is 3.54. The number of anilines is 1. The fourth-order valence-corrected chi connectivity index (χ4v) is 5.14. The fraction of sp³-hybridized carbons (Fsp3) is 0.231. The van der Waals surface area contributed by atoms with Gasteiger partial charge in [-0.1, -0.05) is 29.4 Å². The molecule has 0 saturated heterocycles. The third kappa shape index (κ3) is 5.04. The lowest BCUT2D eigenvalue weighted by Gasteiger charge is -2.17. The van der Waals surface area contributed by atoms with Crippen LogP contribution in [0.4, 0.5) is 5.69 Å². The number of thioether (sulfide) groups is 1. The number of amides is 1. The highest BCUT2D eigenvalue weighted by Gasteiger charge is 2.19. The molecule has 2 heterocycles. The van der Waals surface area contributed by atoms with E-state index in [1.807, 2.05) is 6.07 Å². The molecule has 1 aliphatic rings. The molecule has 178 valence electrons. The van der Waals surface area contributed by atoms with E-state index >= 15 is 0 Å². The molecule has 2 aromatic carbocycles. The van der Waals surface area contributed by atoms with Crippen LogP contribution in [0.2, 0.25) is 5.02 Å². The zero-order chi connectivity index (χ0) is 24.4. The van der Waals surface area contributed by atoms with E-state index in [1.54, 1.807) is 55.6 Å². The molecule has 0 fully saturated rings. The zero-order valence-electron chi connectivity index (χ0n) is 19.1. The van der Waals surface area contributed by atoms with Crippen molar-refractivity contribution in [1.82, 2.24) is 14.5 Å². The van der Waals surface area contributed by atoms with Crippen LogP contribution >= 0.6 is 23.4 Å². The number of aryl methyl sites for hydroxylation is 2. The number of carbonyl (C=O) groups excluding carboxylic acids is 1. The third-order valence-electron chi connectivity index (χ3n) is 5.88. The van der Waals surface area contributed by atoms with Gasteiger partial charge in [0.15, 0.2) is 10.8 Å². The lowest BCUT2D eigenvalue weighted by Crippen LogP contribution is -2.24. The fourth-order valence-electron chi connectivity index (χ4n) is 4.15. The molecule has 0 bridgehead atoms. The van der Waals surface area contributed by atoms with Crippen LogP contribution in [-0.4, -0.2) is 33.3 Å². The predicted octanol–water partition coefficient (Wildman–Crippen LogP) is 5.05. The van der Waals surface area contributed by atoms with Crippen LogP contribution in [0.15, 0.2) is 64.5 Å². The molecule has 0 unspecified atom stereocenters. The first-order chi connectivity index (χ1) is 17.0. The molecular weight excluding hydrogens is 484 g/mol. The molecular formula is C26H23ClN4O3S. The van der Waals surface area contributed by atoms with Crippen LogP contribution in [-0.2, 0) is 17.6 Å². The van der Waals surface area contributed by atoms with E-state index in [-0.39, 0.29) is 17.2 Å². The Labute approximate surface area is 211 Å². The van der Waals surface area contributed by atoms with E-state index in [9.17, 15) is 9.59 Å². The summed E-state index contributed by atoms with van der Waals surface area (Å²) < 4.78 is 6.66. The number of fused-ring (bicyclic) bond motifs is 2. The smallest absolute Gasteiger partial charge is 0.268 e. The summed E-state index contributed by atoms with van der Waals surface area (Å²) in [5, 5.41) is 4.22. The van der Waals surface area contributed by atoms with Gasteiger partial charge in [-0.05, 0) is 79.8 Å². The number of halogens is 1. The Morgan fingerprint density at radius 1 is 1.11 bits per heavy atom. The second-order valence-corrected chi connectivity index (χ2v) is 9.63. The zero-order valence-corrected chi connectivity index (χ0v) is 20.7. The van der Waals surface area contributed by atoms with Gasteiger partial charge in [-0.3, -0.25) is 14.2 Å². The van der Waals surface area contributed by atoms with E-state index < -0.39 is 0 Å². The highest BCUT2D eigenvalue weighted by Crippen LogP contribution is 2.26. The molecule has 1 N–H and O–H groups in total. The Morgan fingerprint density at radius 2 is 1.91 bits per heavy atom. The lowest BCUT2D eigenvalue weighted by atomic mass is 9.95. The first-order valence-corrected chi connectivity index (χ1v) is 12.7. The molecule has 0 saturated carbocycles. The van der Waals surface area contributed by atoms with Crippen molar-refractivity contribution >= 4 is 46.0 Å². The van der Waals surface area contributed by atoms with Crippen molar-refractivity contribution < 1.29 is 9.53 Å². The van der Waals surface area contributed by atoms with Gasteiger partial charge in [0.25, 0.3) is 5.56 Å². The number of hydrogen-bond acceptors (Lipinski definition) is 6. The van der Waals surface area contributed by atoms with Gasteiger partial charge < -0.3 is 10.1 Å². The summed E-state index contributed by atoms with van der Waals surface area (Å²) >= 11 is 7.41.